The summed E-state index contributed by atoms with van der Waals surface area (Å²) in [6.07, 6.45) is 3.89. The average molecular weight is 451 g/mol. The monoisotopic (exact) mass is 450 g/mol. The molecule has 2 aromatic carbocycles. The van der Waals surface area contributed by atoms with Gasteiger partial charge in [-0.3, -0.25) is 13.9 Å². The summed E-state index contributed by atoms with van der Waals surface area (Å²) in [6, 6.07) is 14.9. The average Bonchev–Trinajstić information content (AvgIpc) is 3.51. The third kappa shape index (κ3) is 3.62. The zero-order valence-electron chi connectivity index (χ0n) is 17.7. The molecule has 32 heavy (non-hydrogen) atoms. The fourth-order valence-corrected chi connectivity index (χ4v) is 4.65. The third-order valence-corrected chi connectivity index (χ3v) is 6.47. The Kier molecular flexibility index (Phi) is 5.35. The standard InChI is InChI=1S/C24H23ClN4O3/c1-27-19-9-4-5-10-20(19)29(24(27)31)15-22(30)28-12-6-11-21(28)23-26-14-17(32-23)13-16-7-2-3-8-18(16)25/h2-5,7-10,14,21H,6,11-13,15H2,1H3/t21-/m1/s1. The summed E-state index contributed by atoms with van der Waals surface area (Å²) in [5, 5.41) is 0.684. The van der Waals surface area contributed by atoms with E-state index < -0.39 is 0 Å². The Hall–Kier alpha value is -3.32. The van der Waals surface area contributed by atoms with Gasteiger partial charge in [0.1, 0.15) is 18.3 Å². The molecule has 4 aromatic rings. The normalized spacial score (nSPS) is 16.2. The summed E-state index contributed by atoms with van der Waals surface area (Å²) < 4.78 is 9.12. The lowest BCUT2D eigenvalue weighted by Crippen LogP contribution is -2.36. The maximum Gasteiger partial charge on any atom is 0.329 e. The molecule has 0 aliphatic carbocycles. The van der Waals surface area contributed by atoms with Crippen LogP contribution in [0.15, 0.2) is 63.9 Å². The Morgan fingerprint density at radius 2 is 1.91 bits per heavy atom. The van der Waals surface area contributed by atoms with E-state index in [9.17, 15) is 9.59 Å². The van der Waals surface area contributed by atoms with E-state index in [1.807, 2.05) is 48.5 Å². The number of aromatic nitrogens is 3. The van der Waals surface area contributed by atoms with E-state index in [2.05, 4.69) is 4.98 Å². The molecule has 1 amide bonds. The molecule has 1 atom stereocenters. The first kappa shape index (κ1) is 20.6. The molecule has 164 valence electrons. The van der Waals surface area contributed by atoms with Crippen LogP contribution in [-0.2, 0) is 24.8 Å². The van der Waals surface area contributed by atoms with Crippen molar-refractivity contribution < 1.29 is 9.21 Å². The molecule has 8 heteroatoms. The number of para-hydroxylation sites is 2. The summed E-state index contributed by atoms with van der Waals surface area (Å²) in [6.45, 7) is 0.606. The second kappa shape index (κ2) is 8.31. The van der Waals surface area contributed by atoms with Crippen molar-refractivity contribution in [1.29, 1.82) is 0 Å². The molecular weight excluding hydrogens is 428 g/mol. The van der Waals surface area contributed by atoms with Crippen molar-refractivity contribution in [3.05, 3.63) is 87.4 Å². The van der Waals surface area contributed by atoms with Crippen molar-refractivity contribution in [2.75, 3.05) is 6.54 Å². The molecule has 0 saturated carbocycles. The van der Waals surface area contributed by atoms with E-state index in [4.69, 9.17) is 16.0 Å². The van der Waals surface area contributed by atoms with Crippen molar-refractivity contribution in [3.63, 3.8) is 0 Å². The van der Waals surface area contributed by atoms with E-state index in [0.717, 1.165) is 29.4 Å². The first-order valence-corrected chi connectivity index (χ1v) is 11.0. The highest BCUT2D eigenvalue weighted by molar-refractivity contribution is 6.31. The fourth-order valence-electron chi connectivity index (χ4n) is 4.45. The first-order valence-electron chi connectivity index (χ1n) is 10.6. The number of hydrogen-bond donors (Lipinski definition) is 0. The molecule has 1 fully saturated rings. The lowest BCUT2D eigenvalue weighted by atomic mass is 10.1. The number of carbonyl (C=O) groups excluding carboxylic acids is 1. The highest BCUT2D eigenvalue weighted by Crippen LogP contribution is 2.32. The topological polar surface area (TPSA) is 73.3 Å². The zero-order chi connectivity index (χ0) is 22.2. The lowest BCUT2D eigenvalue weighted by molar-refractivity contribution is -0.133. The largest absolute Gasteiger partial charge is 0.443 e. The van der Waals surface area contributed by atoms with Crippen molar-refractivity contribution in [2.45, 2.75) is 31.8 Å². The molecule has 0 spiro atoms. The Morgan fingerprint density at radius 1 is 1.16 bits per heavy atom. The number of nitrogens with zero attached hydrogens (tertiary/aromatic N) is 4. The predicted molar refractivity (Wildman–Crippen MR) is 122 cm³/mol. The molecule has 0 unspecified atom stereocenters. The lowest BCUT2D eigenvalue weighted by Gasteiger charge is -2.22. The Labute approximate surface area is 189 Å². The number of likely N-dealkylation sites (tertiary alicyclic amines) is 1. The predicted octanol–water partition coefficient (Wildman–Crippen LogP) is 3.94. The Balaban J connectivity index is 1.36. The van der Waals surface area contributed by atoms with Gasteiger partial charge in [-0.1, -0.05) is 41.9 Å². The highest BCUT2D eigenvalue weighted by atomic mass is 35.5. The van der Waals surface area contributed by atoms with Crippen LogP contribution >= 0.6 is 11.6 Å². The molecule has 0 bridgehead atoms. The second-order valence-corrected chi connectivity index (χ2v) is 8.50. The van der Waals surface area contributed by atoms with Crippen LogP contribution in [-0.4, -0.2) is 31.5 Å². The van der Waals surface area contributed by atoms with Crippen LogP contribution in [0, 0.1) is 0 Å². The van der Waals surface area contributed by atoms with Gasteiger partial charge in [-0.2, -0.15) is 0 Å². The third-order valence-electron chi connectivity index (χ3n) is 6.10. The van der Waals surface area contributed by atoms with E-state index in [0.29, 0.717) is 29.6 Å². The van der Waals surface area contributed by atoms with Gasteiger partial charge in [0.2, 0.25) is 11.8 Å². The summed E-state index contributed by atoms with van der Waals surface area (Å²) in [7, 11) is 1.72. The molecule has 3 heterocycles. The smallest absolute Gasteiger partial charge is 0.329 e. The van der Waals surface area contributed by atoms with Gasteiger partial charge in [-0.15, -0.1) is 0 Å². The van der Waals surface area contributed by atoms with Gasteiger partial charge in [0, 0.05) is 25.0 Å². The van der Waals surface area contributed by atoms with Gasteiger partial charge in [-0.25, -0.2) is 9.78 Å². The maximum absolute atomic E-state index is 13.2. The molecule has 7 nitrogen and oxygen atoms in total. The summed E-state index contributed by atoms with van der Waals surface area (Å²) >= 11 is 6.26. The van der Waals surface area contributed by atoms with E-state index in [1.54, 1.807) is 22.7 Å². The van der Waals surface area contributed by atoms with Crippen LogP contribution in [0.1, 0.15) is 36.1 Å². The van der Waals surface area contributed by atoms with Crippen molar-refractivity contribution in [3.8, 4) is 0 Å². The van der Waals surface area contributed by atoms with Gasteiger partial charge in [-0.05, 0) is 36.6 Å². The van der Waals surface area contributed by atoms with Gasteiger partial charge >= 0.3 is 5.69 Å². The molecule has 0 N–H and O–H groups in total. The number of halogens is 1. The first-order chi connectivity index (χ1) is 15.5. The van der Waals surface area contributed by atoms with Crippen LogP contribution in [0.3, 0.4) is 0 Å². The zero-order valence-corrected chi connectivity index (χ0v) is 18.5. The molecular formula is C24H23ClN4O3. The van der Waals surface area contributed by atoms with Crippen LogP contribution < -0.4 is 5.69 Å². The maximum atomic E-state index is 13.2. The minimum atomic E-state index is -0.229. The quantitative estimate of drug-likeness (QED) is 0.461. The summed E-state index contributed by atoms with van der Waals surface area (Å²) in [5.41, 5.74) is 2.32. The molecule has 1 aliphatic rings. The number of amides is 1. The molecule has 1 aliphatic heterocycles. The summed E-state index contributed by atoms with van der Waals surface area (Å²) in [4.78, 5) is 32.2. The van der Waals surface area contributed by atoms with E-state index in [-0.39, 0.29) is 24.2 Å². The number of fused-ring (bicyclic) bond motifs is 1. The molecule has 2 aromatic heterocycles. The van der Waals surface area contributed by atoms with Crippen LogP contribution in [0.2, 0.25) is 5.02 Å². The van der Waals surface area contributed by atoms with Gasteiger partial charge in [0.25, 0.3) is 0 Å². The van der Waals surface area contributed by atoms with Crippen LogP contribution in [0.4, 0.5) is 0 Å². The Bertz CT molecular complexity index is 1350. The number of oxazole rings is 1. The minimum absolute atomic E-state index is 0.0100. The van der Waals surface area contributed by atoms with Crippen LogP contribution in [0.5, 0.6) is 0 Å². The van der Waals surface area contributed by atoms with Gasteiger partial charge < -0.3 is 9.32 Å². The molecule has 5 rings (SSSR count). The number of imidazole rings is 1. The van der Waals surface area contributed by atoms with Crippen molar-refractivity contribution >= 4 is 28.5 Å². The summed E-state index contributed by atoms with van der Waals surface area (Å²) in [5.74, 6) is 1.12. The number of benzene rings is 2. The van der Waals surface area contributed by atoms with Gasteiger partial charge in [0.15, 0.2) is 0 Å². The number of aryl methyl sites for hydroxylation is 1. The van der Waals surface area contributed by atoms with E-state index in [1.165, 1.54) is 4.57 Å². The van der Waals surface area contributed by atoms with Crippen LogP contribution in [0.25, 0.3) is 11.0 Å². The number of hydrogen-bond acceptors (Lipinski definition) is 4. The SMILES string of the molecule is Cn1c(=O)n(CC(=O)N2CCC[C@@H]2c2ncc(Cc3ccccc3Cl)o2)c2ccccc21. The number of carbonyl (C=O) groups is 1. The van der Waals surface area contributed by atoms with Gasteiger partial charge in [0.05, 0.1) is 17.2 Å². The second-order valence-electron chi connectivity index (χ2n) is 8.09. The fraction of sp³-hybridized carbons (Fsp3) is 0.292. The molecule has 0 radical (unpaired) electrons. The van der Waals surface area contributed by atoms with Crippen molar-refractivity contribution in [1.82, 2.24) is 19.0 Å². The Morgan fingerprint density at radius 3 is 2.72 bits per heavy atom. The highest BCUT2D eigenvalue weighted by Gasteiger charge is 2.33. The molecule has 1 saturated heterocycles. The van der Waals surface area contributed by atoms with E-state index >= 15 is 0 Å². The number of rotatable bonds is 5. The van der Waals surface area contributed by atoms with Crippen molar-refractivity contribution in [2.24, 2.45) is 7.05 Å². The minimum Gasteiger partial charge on any atom is -0.443 e.